The molecule has 0 bridgehead atoms. The summed E-state index contributed by atoms with van der Waals surface area (Å²) < 4.78 is 61.6. The fraction of sp³-hybridized carbons (Fsp3) is 0.300. The van der Waals surface area contributed by atoms with Crippen molar-refractivity contribution in [2.75, 3.05) is 0 Å². The van der Waals surface area contributed by atoms with Crippen molar-refractivity contribution in [1.29, 1.82) is 0 Å². The summed E-state index contributed by atoms with van der Waals surface area (Å²) in [4.78, 5) is 6.32. The summed E-state index contributed by atoms with van der Waals surface area (Å²) >= 11 is 3.69. The van der Waals surface area contributed by atoms with E-state index in [1.807, 2.05) is 15.9 Å². The van der Waals surface area contributed by atoms with E-state index < -0.39 is 32.4 Å². The zero-order valence-electron chi connectivity index (χ0n) is 8.81. The maximum atomic E-state index is 13.3. The van der Waals surface area contributed by atoms with Gasteiger partial charge in [0.05, 0.1) is 5.56 Å². The highest BCUT2D eigenvalue weighted by molar-refractivity contribution is 9.12. The lowest BCUT2D eigenvalue weighted by Crippen LogP contribution is -2.48. The molecule has 1 aromatic rings. The third-order valence-electron chi connectivity index (χ3n) is 2.29. The Kier molecular flexibility index (Phi) is 4.31. The maximum Gasteiger partial charge on any atom is 0.414 e. The van der Waals surface area contributed by atoms with E-state index in [4.69, 9.17) is 5.11 Å². The average molecular weight is 412 g/mol. The van der Waals surface area contributed by atoms with Gasteiger partial charge in [0.2, 0.25) is 4.32 Å². The molecule has 0 saturated heterocycles. The lowest BCUT2D eigenvalue weighted by molar-refractivity contribution is -0.196. The molecule has 0 aliphatic heterocycles. The first kappa shape index (κ1) is 16.4. The lowest BCUT2D eigenvalue weighted by Gasteiger charge is -2.34. The van der Waals surface area contributed by atoms with E-state index in [1.165, 1.54) is 0 Å². The van der Waals surface area contributed by atoms with Gasteiger partial charge in [-0.2, -0.15) is 22.0 Å². The Balaban J connectivity index is 3.52. The van der Waals surface area contributed by atoms with Crippen LogP contribution >= 0.6 is 31.9 Å². The van der Waals surface area contributed by atoms with Gasteiger partial charge in [0.25, 0.3) is 0 Å². The van der Waals surface area contributed by atoms with Crippen LogP contribution in [-0.4, -0.2) is 22.1 Å². The highest BCUT2D eigenvalue weighted by Gasteiger charge is 2.68. The third kappa shape index (κ3) is 2.91. The van der Waals surface area contributed by atoms with Crippen LogP contribution in [0.4, 0.5) is 22.0 Å². The molecule has 0 heterocycles. The number of carbonyl (C=O) groups is 1. The molecular formula is C10H5Br2F5O2. The standard InChI is InChI=1S/C10H5Br2F5O2/c11-8(9(12,13)14,10(15,16)17)6-3-1-2-5(4-6)7(18)19/h1-4H,(H,18,19). The second-order valence-electron chi connectivity index (χ2n) is 3.54. The first-order valence-electron chi connectivity index (χ1n) is 4.57. The average Bonchev–Trinajstić information content (AvgIpc) is 2.25. The molecule has 1 rings (SSSR count). The maximum absolute atomic E-state index is 13.3. The zero-order valence-corrected chi connectivity index (χ0v) is 12.0. The zero-order chi connectivity index (χ0) is 15.1. The number of halogens is 7. The van der Waals surface area contributed by atoms with Gasteiger partial charge in [-0.3, -0.25) is 0 Å². The highest BCUT2D eigenvalue weighted by Crippen LogP contribution is 2.58. The van der Waals surface area contributed by atoms with Crippen LogP contribution in [0.5, 0.6) is 0 Å². The van der Waals surface area contributed by atoms with Gasteiger partial charge in [-0.15, -0.1) is 0 Å². The third-order valence-corrected chi connectivity index (χ3v) is 4.82. The van der Waals surface area contributed by atoms with E-state index in [9.17, 15) is 26.7 Å². The molecule has 0 aliphatic carbocycles. The number of rotatable bonds is 3. The molecule has 0 aromatic heterocycles. The van der Waals surface area contributed by atoms with Gasteiger partial charge in [-0.25, -0.2) is 4.79 Å². The molecule has 1 unspecified atom stereocenters. The van der Waals surface area contributed by atoms with Crippen LogP contribution in [0.15, 0.2) is 24.3 Å². The Morgan fingerprint density at radius 1 is 1.11 bits per heavy atom. The van der Waals surface area contributed by atoms with Crippen LogP contribution in [0, 0.1) is 0 Å². The van der Waals surface area contributed by atoms with Crippen LogP contribution in [0.3, 0.4) is 0 Å². The second-order valence-corrected chi connectivity index (χ2v) is 5.73. The van der Waals surface area contributed by atoms with Crippen molar-refractivity contribution < 1.29 is 31.9 Å². The fourth-order valence-electron chi connectivity index (χ4n) is 1.35. The van der Waals surface area contributed by atoms with E-state index in [0.29, 0.717) is 6.07 Å². The van der Waals surface area contributed by atoms with Crippen molar-refractivity contribution in [1.82, 2.24) is 0 Å². The number of carboxylic acid groups (broad SMARTS) is 1. The largest absolute Gasteiger partial charge is 0.478 e. The van der Waals surface area contributed by atoms with E-state index in [0.717, 1.165) is 18.2 Å². The van der Waals surface area contributed by atoms with E-state index in [1.54, 1.807) is 15.9 Å². The predicted molar refractivity (Wildman–Crippen MR) is 63.9 cm³/mol. The summed E-state index contributed by atoms with van der Waals surface area (Å²) in [5.74, 6) is -1.52. The quantitative estimate of drug-likeness (QED) is 0.586. The van der Waals surface area contributed by atoms with Crippen LogP contribution in [0.1, 0.15) is 15.9 Å². The Labute approximate surface area is 120 Å². The van der Waals surface area contributed by atoms with Gasteiger partial charge in [0, 0.05) is 0 Å². The van der Waals surface area contributed by atoms with Crippen molar-refractivity contribution in [3.63, 3.8) is 0 Å². The molecule has 0 aliphatic rings. The van der Waals surface area contributed by atoms with E-state index >= 15 is 0 Å². The second kappa shape index (κ2) is 5.01. The number of alkyl halides is 7. The van der Waals surface area contributed by atoms with Gasteiger partial charge in [0.15, 0.2) is 0 Å². The number of benzene rings is 1. The Hall–Kier alpha value is -0.700. The minimum absolute atomic E-state index is 0.526. The minimum atomic E-state index is -5.35. The summed E-state index contributed by atoms with van der Waals surface area (Å²) in [6, 6.07) is 3.27. The summed E-state index contributed by atoms with van der Waals surface area (Å²) in [5.41, 5.74) is -1.44. The Morgan fingerprint density at radius 2 is 1.63 bits per heavy atom. The predicted octanol–water partition coefficient (Wildman–Crippen LogP) is 4.53. The van der Waals surface area contributed by atoms with Crippen molar-refractivity contribution in [2.24, 2.45) is 0 Å². The molecule has 2 nitrogen and oxygen atoms in total. The van der Waals surface area contributed by atoms with Gasteiger partial charge >= 0.3 is 17.0 Å². The highest BCUT2D eigenvalue weighted by atomic mass is 79.9. The van der Waals surface area contributed by atoms with Crippen LogP contribution in [-0.2, 0) is 4.32 Å². The summed E-state index contributed by atoms with van der Waals surface area (Å²) in [5, 5.41) is 8.68. The molecule has 0 radical (unpaired) electrons. The fourth-order valence-corrected chi connectivity index (χ4v) is 2.05. The van der Waals surface area contributed by atoms with Gasteiger partial charge in [-0.1, -0.05) is 28.1 Å². The van der Waals surface area contributed by atoms with Crippen LogP contribution in [0.25, 0.3) is 0 Å². The summed E-state index contributed by atoms with van der Waals surface area (Å²) in [6.45, 7) is 0. The van der Waals surface area contributed by atoms with Crippen molar-refractivity contribution >= 4 is 37.8 Å². The molecule has 1 atom stereocenters. The lowest BCUT2D eigenvalue weighted by atomic mass is 9.96. The minimum Gasteiger partial charge on any atom is -0.478 e. The molecule has 1 aromatic carbocycles. The molecule has 9 heteroatoms. The van der Waals surface area contributed by atoms with Crippen molar-refractivity contribution in [3.05, 3.63) is 35.4 Å². The summed E-state index contributed by atoms with van der Waals surface area (Å²) in [7, 11) is 0. The Morgan fingerprint density at radius 3 is 2.00 bits per heavy atom. The SMILES string of the molecule is O=C(O)c1cccc(C(Br)(C(F)(F)F)C(F)(F)Br)c1. The van der Waals surface area contributed by atoms with Gasteiger partial charge in [0.1, 0.15) is 0 Å². The molecular weight excluding hydrogens is 407 g/mol. The van der Waals surface area contributed by atoms with E-state index in [-0.39, 0.29) is 0 Å². The molecule has 0 spiro atoms. The molecule has 0 fully saturated rings. The monoisotopic (exact) mass is 410 g/mol. The molecule has 1 N–H and O–H groups in total. The summed E-state index contributed by atoms with van der Waals surface area (Å²) in [6.07, 6.45) is -5.35. The van der Waals surface area contributed by atoms with Crippen molar-refractivity contribution in [2.45, 2.75) is 15.3 Å². The van der Waals surface area contributed by atoms with Gasteiger partial charge < -0.3 is 5.11 Å². The first-order chi connectivity index (χ1) is 8.41. The number of hydrogen-bond donors (Lipinski definition) is 1. The first-order valence-corrected chi connectivity index (χ1v) is 6.16. The molecule has 106 valence electrons. The smallest absolute Gasteiger partial charge is 0.414 e. The van der Waals surface area contributed by atoms with Crippen molar-refractivity contribution in [3.8, 4) is 0 Å². The normalized spacial score (nSPS) is 15.9. The number of hydrogen-bond acceptors (Lipinski definition) is 1. The van der Waals surface area contributed by atoms with Crippen LogP contribution < -0.4 is 0 Å². The topological polar surface area (TPSA) is 37.3 Å². The van der Waals surface area contributed by atoms with Crippen LogP contribution in [0.2, 0.25) is 0 Å². The van der Waals surface area contributed by atoms with Gasteiger partial charge in [-0.05, 0) is 33.6 Å². The molecule has 19 heavy (non-hydrogen) atoms. The molecule has 0 amide bonds. The Bertz CT molecular complexity index is 481. The number of aromatic carboxylic acids is 1. The van der Waals surface area contributed by atoms with E-state index in [2.05, 4.69) is 0 Å². The number of carboxylic acids is 1. The molecule has 0 saturated carbocycles.